The van der Waals surface area contributed by atoms with Crippen molar-refractivity contribution < 1.29 is 33.3 Å². The summed E-state index contributed by atoms with van der Waals surface area (Å²) in [6, 6.07) is 8.77. The molecule has 0 saturated heterocycles. The molecule has 2 aromatic rings. The first-order valence-electron chi connectivity index (χ1n) is 9.27. The van der Waals surface area contributed by atoms with Crippen LogP contribution < -0.4 is 18.9 Å². The minimum absolute atomic E-state index is 0.0189. The second-order valence-corrected chi connectivity index (χ2v) is 6.49. The summed E-state index contributed by atoms with van der Waals surface area (Å²) in [4.78, 5) is 25.4. The second kappa shape index (κ2) is 9.43. The third kappa shape index (κ3) is 4.51. The highest BCUT2D eigenvalue weighted by Crippen LogP contribution is 2.47. The van der Waals surface area contributed by atoms with E-state index >= 15 is 0 Å². The lowest BCUT2D eigenvalue weighted by Gasteiger charge is -2.23. The minimum Gasteiger partial charge on any atom is -0.496 e. The molecule has 7 heteroatoms. The predicted molar refractivity (Wildman–Crippen MR) is 106 cm³/mol. The van der Waals surface area contributed by atoms with E-state index in [-0.39, 0.29) is 35.7 Å². The summed E-state index contributed by atoms with van der Waals surface area (Å²) in [5.41, 5.74) is 1.78. The summed E-state index contributed by atoms with van der Waals surface area (Å²) in [5.74, 6) is 1.06. The van der Waals surface area contributed by atoms with Crippen molar-refractivity contribution in [2.75, 3.05) is 34.5 Å². The molecular formula is C22H24O7. The van der Waals surface area contributed by atoms with Crippen molar-refractivity contribution in [2.24, 2.45) is 0 Å². The van der Waals surface area contributed by atoms with E-state index in [0.717, 1.165) is 5.56 Å². The average molecular weight is 400 g/mol. The average Bonchev–Trinajstić information content (AvgIpc) is 2.76. The fraction of sp³-hybridized carbons (Fsp3) is 0.364. The van der Waals surface area contributed by atoms with Gasteiger partial charge in [-0.1, -0.05) is 24.3 Å². The van der Waals surface area contributed by atoms with E-state index < -0.39 is 0 Å². The van der Waals surface area contributed by atoms with Crippen molar-refractivity contribution in [3.63, 3.8) is 0 Å². The molecule has 0 radical (unpaired) electrons. The molecule has 1 heterocycles. The molecule has 154 valence electrons. The molecule has 3 rings (SSSR count). The van der Waals surface area contributed by atoms with Crippen LogP contribution in [0, 0.1) is 0 Å². The van der Waals surface area contributed by atoms with Crippen LogP contribution in [0.5, 0.6) is 23.0 Å². The molecule has 29 heavy (non-hydrogen) atoms. The van der Waals surface area contributed by atoms with Gasteiger partial charge in [0.25, 0.3) is 0 Å². The van der Waals surface area contributed by atoms with Gasteiger partial charge in [-0.15, -0.1) is 0 Å². The third-order valence-electron chi connectivity index (χ3n) is 4.62. The van der Waals surface area contributed by atoms with E-state index in [2.05, 4.69) is 0 Å². The van der Waals surface area contributed by atoms with Crippen molar-refractivity contribution in [1.29, 1.82) is 0 Å². The van der Waals surface area contributed by atoms with Crippen LogP contribution in [-0.2, 0) is 11.3 Å². The number of Topliss-reactive ketones (excluding diaryl/α,β-unsaturated/α-hetero) is 2. The monoisotopic (exact) mass is 400 g/mol. The smallest absolute Gasteiger partial charge is 0.204 e. The predicted octanol–water partition coefficient (Wildman–Crippen LogP) is 3.47. The maximum atomic E-state index is 12.9. The topological polar surface area (TPSA) is 80.3 Å². The van der Waals surface area contributed by atoms with Crippen LogP contribution in [-0.4, -0.2) is 46.1 Å². The summed E-state index contributed by atoms with van der Waals surface area (Å²) < 4.78 is 27.1. The molecule has 0 fully saturated rings. The van der Waals surface area contributed by atoms with E-state index in [1.165, 1.54) is 14.2 Å². The number of ether oxygens (including phenoxy) is 5. The summed E-state index contributed by atoms with van der Waals surface area (Å²) in [5, 5.41) is 0. The molecule has 0 aliphatic carbocycles. The zero-order chi connectivity index (χ0) is 20.8. The fourth-order valence-corrected chi connectivity index (χ4v) is 3.20. The maximum absolute atomic E-state index is 12.9. The van der Waals surface area contributed by atoms with Crippen LogP contribution in [0.4, 0.5) is 0 Å². The fourth-order valence-electron chi connectivity index (χ4n) is 3.20. The molecule has 0 aromatic heterocycles. The van der Waals surface area contributed by atoms with Crippen molar-refractivity contribution in [2.45, 2.75) is 19.4 Å². The highest BCUT2D eigenvalue weighted by Gasteiger charge is 2.28. The van der Waals surface area contributed by atoms with E-state index in [0.29, 0.717) is 42.6 Å². The Kier molecular flexibility index (Phi) is 6.72. The van der Waals surface area contributed by atoms with Crippen LogP contribution in [0.3, 0.4) is 0 Å². The first kappa shape index (κ1) is 20.7. The second-order valence-electron chi connectivity index (χ2n) is 6.49. The van der Waals surface area contributed by atoms with Gasteiger partial charge >= 0.3 is 0 Å². The van der Waals surface area contributed by atoms with Crippen molar-refractivity contribution in [1.82, 2.24) is 0 Å². The van der Waals surface area contributed by atoms with Crippen LogP contribution >= 0.6 is 0 Å². The number of ketones is 2. The van der Waals surface area contributed by atoms with Gasteiger partial charge in [-0.05, 0) is 5.56 Å². The Morgan fingerprint density at radius 2 is 1.62 bits per heavy atom. The molecule has 0 saturated carbocycles. The highest BCUT2D eigenvalue weighted by atomic mass is 16.6. The lowest BCUT2D eigenvalue weighted by Crippen LogP contribution is -2.18. The van der Waals surface area contributed by atoms with E-state index in [4.69, 9.17) is 23.7 Å². The van der Waals surface area contributed by atoms with Crippen LogP contribution in [0.2, 0.25) is 0 Å². The molecule has 0 amide bonds. The molecule has 1 aliphatic rings. The third-order valence-corrected chi connectivity index (χ3v) is 4.62. The normalized spacial score (nSPS) is 12.4. The molecule has 7 nitrogen and oxygen atoms in total. The Morgan fingerprint density at radius 1 is 0.931 bits per heavy atom. The number of hydrogen-bond acceptors (Lipinski definition) is 7. The Hall–Kier alpha value is -3.06. The minimum atomic E-state index is -0.264. The molecule has 0 unspecified atom stereocenters. The van der Waals surface area contributed by atoms with Gasteiger partial charge in [0.2, 0.25) is 5.75 Å². The number of fused-ring (bicyclic) bond motifs is 1. The maximum Gasteiger partial charge on any atom is 0.204 e. The SMILES string of the molecule is COCc1ccc(C(=O)CCC(=O)c2c(OC)cc3c(c2OC)OCCO3)cc1. The van der Waals surface area contributed by atoms with Gasteiger partial charge in [-0.25, -0.2) is 0 Å². The molecule has 2 aromatic carbocycles. The Morgan fingerprint density at radius 3 is 2.28 bits per heavy atom. The van der Waals surface area contributed by atoms with Gasteiger partial charge in [-0.2, -0.15) is 0 Å². The van der Waals surface area contributed by atoms with Gasteiger partial charge in [0.05, 0.1) is 20.8 Å². The zero-order valence-corrected chi connectivity index (χ0v) is 16.8. The van der Waals surface area contributed by atoms with E-state index in [1.807, 2.05) is 12.1 Å². The van der Waals surface area contributed by atoms with E-state index in [1.54, 1.807) is 25.3 Å². The van der Waals surface area contributed by atoms with Crippen molar-refractivity contribution in [3.8, 4) is 23.0 Å². The Balaban J connectivity index is 1.77. The lowest BCUT2D eigenvalue weighted by atomic mass is 9.99. The summed E-state index contributed by atoms with van der Waals surface area (Å²) in [6.07, 6.45) is 0.0915. The molecule has 0 spiro atoms. The van der Waals surface area contributed by atoms with Gasteiger partial charge < -0.3 is 23.7 Å². The number of carbonyl (C=O) groups is 2. The molecular weight excluding hydrogens is 376 g/mol. The standard InChI is InChI=1S/C22H24O7/c1-25-13-14-4-6-15(7-5-14)16(23)8-9-17(24)20-18(26-2)12-19-21(22(20)27-3)29-11-10-28-19/h4-7,12H,8-11,13H2,1-3H3. The first-order valence-corrected chi connectivity index (χ1v) is 9.27. The van der Waals surface area contributed by atoms with Crippen LogP contribution in [0.25, 0.3) is 0 Å². The largest absolute Gasteiger partial charge is 0.496 e. The van der Waals surface area contributed by atoms with Gasteiger partial charge in [-0.3, -0.25) is 9.59 Å². The number of hydrogen-bond donors (Lipinski definition) is 0. The number of rotatable bonds is 9. The van der Waals surface area contributed by atoms with Gasteiger partial charge in [0.1, 0.15) is 24.5 Å². The zero-order valence-electron chi connectivity index (χ0n) is 16.8. The molecule has 0 N–H and O–H groups in total. The summed E-state index contributed by atoms with van der Waals surface area (Å²) >= 11 is 0. The summed E-state index contributed by atoms with van der Waals surface area (Å²) in [6.45, 7) is 1.25. The highest BCUT2D eigenvalue weighted by molar-refractivity contribution is 6.06. The Bertz CT molecular complexity index is 887. The van der Waals surface area contributed by atoms with E-state index in [9.17, 15) is 9.59 Å². The summed E-state index contributed by atoms with van der Waals surface area (Å²) in [7, 11) is 4.54. The Labute approximate surface area is 169 Å². The van der Waals surface area contributed by atoms with Crippen LogP contribution in [0.15, 0.2) is 30.3 Å². The van der Waals surface area contributed by atoms with Crippen molar-refractivity contribution in [3.05, 3.63) is 47.0 Å². The molecule has 1 aliphatic heterocycles. The van der Waals surface area contributed by atoms with Gasteiger partial charge in [0.15, 0.2) is 23.1 Å². The number of methoxy groups -OCH3 is 3. The molecule has 0 bridgehead atoms. The first-order chi connectivity index (χ1) is 14.1. The van der Waals surface area contributed by atoms with Crippen LogP contribution in [0.1, 0.15) is 39.1 Å². The number of benzene rings is 2. The number of carbonyl (C=O) groups excluding carboxylic acids is 2. The van der Waals surface area contributed by atoms with Crippen molar-refractivity contribution >= 4 is 11.6 Å². The van der Waals surface area contributed by atoms with Gasteiger partial charge in [0, 0.05) is 31.6 Å². The lowest BCUT2D eigenvalue weighted by molar-refractivity contribution is 0.0912. The quantitative estimate of drug-likeness (QED) is 0.596. The molecule has 0 atom stereocenters.